The fraction of sp³-hybridized carbons (Fsp3) is 0.381. The summed E-state index contributed by atoms with van der Waals surface area (Å²) in [4.78, 5) is 41.5. The van der Waals surface area contributed by atoms with Crippen LogP contribution in [0.25, 0.3) is 0 Å². The van der Waals surface area contributed by atoms with Gasteiger partial charge in [-0.25, -0.2) is 0 Å². The quantitative estimate of drug-likeness (QED) is 0.863. The molecule has 1 aromatic heterocycles. The van der Waals surface area contributed by atoms with Gasteiger partial charge >= 0.3 is 0 Å². The maximum Gasteiger partial charge on any atom is 0.253 e. The van der Waals surface area contributed by atoms with Crippen LogP contribution in [0.5, 0.6) is 0 Å². The molecule has 0 spiro atoms. The summed E-state index contributed by atoms with van der Waals surface area (Å²) < 4.78 is 0. The first-order chi connectivity index (χ1) is 13.5. The van der Waals surface area contributed by atoms with Crippen LogP contribution in [-0.4, -0.2) is 53.7 Å². The standard InChI is InChI=1S/C21H23N3O3S/c1-14(25)22-16-6-4-15(5-7-16)20(26)23-8-10-24(11-9-23)21(27)18-13-17(18)19-3-2-12-28-19/h2-7,12,17-18H,8-11,13H2,1H3,(H,22,25)/t17-,18-/m0/s1. The van der Waals surface area contributed by atoms with Crippen molar-refractivity contribution >= 4 is 34.7 Å². The molecule has 6 nitrogen and oxygen atoms in total. The van der Waals surface area contributed by atoms with E-state index in [0.29, 0.717) is 43.3 Å². The molecule has 1 aliphatic carbocycles. The highest BCUT2D eigenvalue weighted by Gasteiger charge is 2.46. The minimum Gasteiger partial charge on any atom is -0.339 e. The van der Waals surface area contributed by atoms with Crippen LogP contribution >= 0.6 is 11.3 Å². The van der Waals surface area contributed by atoms with Crippen LogP contribution in [-0.2, 0) is 9.59 Å². The summed E-state index contributed by atoms with van der Waals surface area (Å²) in [5.41, 5.74) is 1.26. The summed E-state index contributed by atoms with van der Waals surface area (Å²) in [5.74, 6) is 0.544. The van der Waals surface area contributed by atoms with E-state index < -0.39 is 0 Å². The molecule has 2 fully saturated rings. The molecule has 7 heteroatoms. The zero-order valence-electron chi connectivity index (χ0n) is 15.8. The second kappa shape index (κ2) is 7.75. The number of carbonyl (C=O) groups excluding carboxylic acids is 3. The van der Waals surface area contributed by atoms with Crippen molar-refractivity contribution in [3.8, 4) is 0 Å². The largest absolute Gasteiger partial charge is 0.339 e. The lowest BCUT2D eigenvalue weighted by Gasteiger charge is -2.35. The average Bonchev–Trinajstić information content (AvgIpc) is 3.31. The SMILES string of the molecule is CC(=O)Nc1ccc(C(=O)N2CCN(C(=O)[C@H]3C[C@@H]3c3cccs3)CC2)cc1. The van der Waals surface area contributed by atoms with Gasteiger partial charge in [0.25, 0.3) is 5.91 Å². The van der Waals surface area contributed by atoms with E-state index in [1.165, 1.54) is 11.8 Å². The molecule has 28 heavy (non-hydrogen) atoms. The van der Waals surface area contributed by atoms with Crippen molar-refractivity contribution in [2.75, 3.05) is 31.5 Å². The molecule has 1 aromatic carbocycles. The molecule has 1 N–H and O–H groups in total. The summed E-state index contributed by atoms with van der Waals surface area (Å²) in [6, 6.07) is 11.0. The molecule has 0 unspecified atom stereocenters. The van der Waals surface area contributed by atoms with Crippen molar-refractivity contribution in [2.45, 2.75) is 19.3 Å². The second-order valence-corrected chi connectivity index (χ2v) is 8.32. The number of nitrogens with zero attached hydrogens (tertiary/aromatic N) is 2. The molecule has 0 bridgehead atoms. The van der Waals surface area contributed by atoms with Crippen LogP contribution in [0.1, 0.15) is 34.5 Å². The van der Waals surface area contributed by atoms with Crippen molar-refractivity contribution in [3.05, 3.63) is 52.2 Å². The fourth-order valence-corrected chi connectivity index (χ4v) is 4.64. The Hall–Kier alpha value is -2.67. The van der Waals surface area contributed by atoms with Gasteiger partial charge < -0.3 is 15.1 Å². The van der Waals surface area contributed by atoms with Gasteiger partial charge in [0.05, 0.1) is 0 Å². The Morgan fingerprint density at radius 3 is 2.29 bits per heavy atom. The highest BCUT2D eigenvalue weighted by molar-refractivity contribution is 7.10. The van der Waals surface area contributed by atoms with E-state index in [1.807, 2.05) is 11.0 Å². The van der Waals surface area contributed by atoms with Crippen LogP contribution in [0.15, 0.2) is 41.8 Å². The molecule has 1 saturated heterocycles. The van der Waals surface area contributed by atoms with E-state index in [-0.39, 0.29) is 23.6 Å². The maximum atomic E-state index is 12.7. The van der Waals surface area contributed by atoms with E-state index in [1.54, 1.807) is 40.5 Å². The van der Waals surface area contributed by atoms with Gasteiger partial charge in [0.1, 0.15) is 0 Å². The first-order valence-corrected chi connectivity index (χ1v) is 10.4. The Morgan fingerprint density at radius 1 is 1.00 bits per heavy atom. The first-order valence-electron chi connectivity index (χ1n) is 9.52. The molecule has 4 rings (SSSR count). The van der Waals surface area contributed by atoms with Crippen molar-refractivity contribution in [1.29, 1.82) is 0 Å². The minimum atomic E-state index is -0.142. The molecule has 2 aliphatic rings. The van der Waals surface area contributed by atoms with Gasteiger partial charge in [-0.15, -0.1) is 11.3 Å². The number of amides is 3. The number of hydrogen-bond donors (Lipinski definition) is 1. The third kappa shape index (κ3) is 3.94. The van der Waals surface area contributed by atoms with Crippen LogP contribution < -0.4 is 5.32 Å². The number of rotatable bonds is 4. The summed E-state index contributed by atoms with van der Waals surface area (Å²) in [5, 5.41) is 4.75. The van der Waals surface area contributed by atoms with Gasteiger partial charge in [0.2, 0.25) is 11.8 Å². The molecular weight excluding hydrogens is 374 g/mol. The van der Waals surface area contributed by atoms with Crippen LogP contribution in [0.4, 0.5) is 5.69 Å². The van der Waals surface area contributed by atoms with E-state index in [4.69, 9.17) is 0 Å². The minimum absolute atomic E-state index is 0.0376. The molecule has 2 aromatic rings. The van der Waals surface area contributed by atoms with Gasteiger partial charge in [-0.1, -0.05) is 6.07 Å². The molecule has 0 radical (unpaired) electrons. The monoisotopic (exact) mass is 397 g/mol. The summed E-state index contributed by atoms with van der Waals surface area (Å²) in [6.45, 7) is 3.72. The van der Waals surface area contributed by atoms with Gasteiger partial charge in [0, 0.05) is 61.1 Å². The molecule has 146 valence electrons. The summed E-state index contributed by atoms with van der Waals surface area (Å²) in [7, 11) is 0. The van der Waals surface area contributed by atoms with Crippen molar-refractivity contribution in [1.82, 2.24) is 9.80 Å². The molecule has 1 aliphatic heterocycles. The Bertz CT molecular complexity index is 871. The van der Waals surface area contributed by atoms with Crippen LogP contribution in [0.2, 0.25) is 0 Å². The van der Waals surface area contributed by atoms with Gasteiger partial charge in [-0.2, -0.15) is 0 Å². The van der Waals surface area contributed by atoms with Crippen LogP contribution in [0.3, 0.4) is 0 Å². The Labute approximate surface area is 168 Å². The predicted octanol–water partition coefficient (Wildman–Crippen LogP) is 2.79. The molecule has 3 amide bonds. The second-order valence-electron chi connectivity index (χ2n) is 7.34. The van der Waals surface area contributed by atoms with Crippen molar-refractivity contribution in [3.63, 3.8) is 0 Å². The number of benzene rings is 1. The Kier molecular flexibility index (Phi) is 5.17. The molecule has 2 atom stereocenters. The number of piperazine rings is 1. The Morgan fingerprint density at radius 2 is 1.68 bits per heavy atom. The molecule has 2 heterocycles. The van der Waals surface area contributed by atoms with Crippen molar-refractivity contribution in [2.24, 2.45) is 5.92 Å². The van der Waals surface area contributed by atoms with Gasteiger partial charge in [0.15, 0.2) is 0 Å². The summed E-state index contributed by atoms with van der Waals surface area (Å²) >= 11 is 1.72. The third-order valence-electron chi connectivity index (χ3n) is 5.35. The average molecular weight is 398 g/mol. The van der Waals surface area contributed by atoms with Gasteiger partial charge in [-0.05, 0) is 42.1 Å². The van der Waals surface area contributed by atoms with E-state index >= 15 is 0 Å². The number of hydrogen-bond acceptors (Lipinski definition) is 4. The predicted molar refractivity (Wildman–Crippen MR) is 108 cm³/mol. The first kappa shape index (κ1) is 18.7. The van der Waals surface area contributed by atoms with E-state index in [9.17, 15) is 14.4 Å². The molecular formula is C21H23N3O3S. The zero-order valence-corrected chi connectivity index (χ0v) is 16.6. The highest BCUT2D eigenvalue weighted by atomic mass is 32.1. The third-order valence-corrected chi connectivity index (χ3v) is 6.35. The highest BCUT2D eigenvalue weighted by Crippen LogP contribution is 2.50. The molecule has 1 saturated carbocycles. The van der Waals surface area contributed by atoms with Crippen molar-refractivity contribution < 1.29 is 14.4 Å². The van der Waals surface area contributed by atoms with Crippen LogP contribution in [0, 0.1) is 5.92 Å². The topological polar surface area (TPSA) is 69.7 Å². The number of carbonyl (C=O) groups is 3. The number of nitrogens with one attached hydrogen (secondary N) is 1. The number of thiophene rings is 1. The van der Waals surface area contributed by atoms with Gasteiger partial charge in [-0.3, -0.25) is 14.4 Å². The normalized spacial score (nSPS) is 21.3. The summed E-state index contributed by atoms with van der Waals surface area (Å²) in [6.07, 6.45) is 0.944. The number of anilines is 1. The van der Waals surface area contributed by atoms with E-state index in [2.05, 4.69) is 16.8 Å². The lowest BCUT2D eigenvalue weighted by Crippen LogP contribution is -2.51. The fourth-order valence-electron chi connectivity index (χ4n) is 3.73. The van der Waals surface area contributed by atoms with E-state index in [0.717, 1.165) is 6.42 Å². The Balaban J connectivity index is 1.29. The lowest BCUT2D eigenvalue weighted by molar-refractivity contribution is -0.134. The smallest absolute Gasteiger partial charge is 0.253 e. The maximum absolute atomic E-state index is 12.7. The zero-order chi connectivity index (χ0) is 19.7. The lowest BCUT2D eigenvalue weighted by atomic mass is 10.1.